The maximum atomic E-state index is 13.3. The van der Waals surface area contributed by atoms with Gasteiger partial charge in [0.1, 0.15) is 9.71 Å². The lowest BCUT2D eigenvalue weighted by atomic mass is 10.2. The molecule has 174 valence electrons. The van der Waals surface area contributed by atoms with E-state index >= 15 is 0 Å². The van der Waals surface area contributed by atoms with Gasteiger partial charge < -0.3 is 15.4 Å². The van der Waals surface area contributed by atoms with Crippen molar-refractivity contribution in [3.05, 3.63) is 88.0 Å². The number of hydrogen-bond donors (Lipinski definition) is 2. The molecule has 1 saturated heterocycles. The van der Waals surface area contributed by atoms with Crippen molar-refractivity contribution in [1.82, 2.24) is 14.8 Å². The first kappa shape index (κ1) is 22.3. The van der Waals surface area contributed by atoms with Crippen molar-refractivity contribution in [1.29, 1.82) is 0 Å². The van der Waals surface area contributed by atoms with Crippen molar-refractivity contribution >= 4 is 38.8 Å². The first-order chi connectivity index (χ1) is 16.7. The fourth-order valence-corrected chi connectivity index (χ4v) is 5.27. The molecule has 0 spiro atoms. The van der Waals surface area contributed by atoms with Gasteiger partial charge in [-0.15, -0.1) is 11.3 Å². The average molecular weight is 475 g/mol. The lowest BCUT2D eigenvalue weighted by Crippen LogP contribution is -2.41. The van der Waals surface area contributed by atoms with Crippen molar-refractivity contribution in [2.45, 2.75) is 0 Å². The molecule has 0 unspecified atom stereocenters. The zero-order valence-corrected chi connectivity index (χ0v) is 19.5. The van der Waals surface area contributed by atoms with Gasteiger partial charge in [0.25, 0.3) is 11.5 Å². The number of amides is 1. The Hall–Kier alpha value is -3.46. The molecule has 34 heavy (non-hydrogen) atoms. The van der Waals surface area contributed by atoms with Gasteiger partial charge in [0.15, 0.2) is 0 Å². The molecule has 2 N–H and O–H groups in total. The van der Waals surface area contributed by atoms with Crippen LogP contribution < -0.4 is 16.2 Å². The van der Waals surface area contributed by atoms with E-state index in [-0.39, 0.29) is 11.5 Å². The number of nitrogens with one attached hydrogen (secondary N) is 2. The summed E-state index contributed by atoms with van der Waals surface area (Å²) in [6.45, 7) is 4.53. The number of aromatic nitrogens is 1. The summed E-state index contributed by atoms with van der Waals surface area (Å²) in [4.78, 5) is 29.8. The Morgan fingerprint density at radius 2 is 1.65 bits per heavy atom. The number of carbonyl (C=O) groups is 1. The van der Waals surface area contributed by atoms with Gasteiger partial charge in [-0.2, -0.15) is 0 Å². The monoisotopic (exact) mass is 474 g/mol. The van der Waals surface area contributed by atoms with Gasteiger partial charge in [0.2, 0.25) is 0 Å². The molecule has 2 aromatic carbocycles. The molecule has 1 fully saturated rings. The van der Waals surface area contributed by atoms with Crippen LogP contribution in [-0.2, 0) is 4.74 Å². The van der Waals surface area contributed by atoms with Gasteiger partial charge in [0.05, 0.1) is 24.6 Å². The van der Waals surface area contributed by atoms with Crippen molar-refractivity contribution in [2.24, 2.45) is 0 Å². The number of para-hydroxylation sites is 2. The van der Waals surface area contributed by atoms with E-state index < -0.39 is 0 Å². The molecule has 0 radical (unpaired) electrons. The van der Waals surface area contributed by atoms with Crippen LogP contribution in [0.15, 0.2) is 77.6 Å². The second-order valence-corrected chi connectivity index (χ2v) is 9.07. The maximum Gasteiger partial charge on any atom is 0.263 e. The van der Waals surface area contributed by atoms with E-state index in [0.717, 1.165) is 54.4 Å². The molecular weight excluding hydrogens is 448 g/mol. The van der Waals surface area contributed by atoms with E-state index in [9.17, 15) is 9.59 Å². The summed E-state index contributed by atoms with van der Waals surface area (Å²) in [6.07, 6.45) is 0. The van der Waals surface area contributed by atoms with E-state index in [2.05, 4.69) is 15.5 Å². The van der Waals surface area contributed by atoms with Crippen LogP contribution in [0.1, 0.15) is 9.67 Å². The van der Waals surface area contributed by atoms with E-state index in [1.54, 1.807) is 16.7 Å². The smallest absolute Gasteiger partial charge is 0.263 e. The Balaban J connectivity index is 1.51. The number of fused-ring (bicyclic) bond motifs is 1. The predicted octanol–water partition coefficient (Wildman–Crippen LogP) is 3.86. The Bertz CT molecular complexity index is 1330. The van der Waals surface area contributed by atoms with E-state index in [1.807, 2.05) is 60.7 Å². The van der Waals surface area contributed by atoms with Crippen LogP contribution in [0.2, 0.25) is 0 Å². The van der Waals surface area contributed by atoms with Crippen molar-refractivity contribution in [3.63, 3.8) is 0 Å². The van der Waals surface area contributed by atoms with Crippen LogP contribution in [0.5, 0.6) is 0 Å². The molecule has 3 heterocycles. The molecule has 0 saturated carbocycles. The normalized spacial score (nSPS) is 14.2. The first-order valence-electron chi connectivity index (χ1n) is 11.3. The number of benzene rings is 2. The Kier molecular flexibility index (Phi) is 6.71. The Labute approximate surface area is 201 Å². The third-order valence-corrected chi connectivity index (χ3v) is 7.01. The second-order valence-electron chi connectivity index (χ2n) is 8.07. The van der Waals surface area contributed by atoms with Gasteiger partial charge in [0, 0.05) is 43.3 Å². The number of thiophene rings is 1. The zero-order valence-electron chi connectivity index (χ0n) is 18.7. The molecule has 0 bridgehead atoms. The number of rotatable bonds is 7. The molecule has 0 aliphatic carbocycles. The highest BCUT2D eigenvalue weighted by Gasteiger charge is 2.22. The minimum atomic E-state index is -0.153. The summed E-state index contributed by atoms with van der Waals surface area (Å²) in [5.74, 6) is -0.153. The number of morpholine rings is 1. The van der Waals surface area contributed by atoms with E-state index in [0.29, 0.717) is 17.1 Å². The maximum absolute atomic E-state index is 13.3. The molecule has 1 aliphatic rings. The number of carbonyl (C=O) groups excluding carboxylic acids is 1. The standard InChI is InChI=1S/C26H26N4O3S/c31-22-12-11-21-23(28-19-7-3-1-4-8-19)24(25(32)27-13-14-29-15-17-33-18-16-29)34-26(21)30(22)20-9-5-2-6-10-20/h1-12,28H,13-18H2,(H,27,32). The molecule has 5 rings (SSSR count). The van der Waals surface area contributed by atoms with Gasteiger partial charge in [-0.25, -0.2) is 0 Å². The number of hydrogen-bond acceptors (Lipinski definition) is 6. The average Bonchev–Trinajstić information content (AvgIpc) is 3.24. The summed E-state index contributed by atoms with van der Waals surface area (Å²) in [5.41, 5.74) is 2.22. The molecule has 4 aromatic rings. The van der Waals surface area contributed by atoms with Crippen LogP contribution in [0.25, 0.3) is 15.9 Å². The third-order valence-electron chi connectivity index (χ3n) is 5.82. The summed E-state index contributed by atoms with van der Waals surface area (Å²) >= 11 is 1.33. The van der Waals surface area contributed by atoms with Gasteiger partial charge in [-0.05, 0) is 30.3 Å². The number of nitrogens with zero attached hydrogens (tertiary/aromatic N) is 2. The largest absolute Gasteiger partial charge is 0.379 e. The van der Waals surface area contributed by atoms with Crippen molar-refractivity contribution in [2.75, 3.05) is 44.7 Å². The number of ether oxygens (including phenoxy) is 1. The third kappa shape index (κ3) is 4.75. The molecule has 1 amide bonds. The first-order valence-corrected chi connectivity index (χ1v) is 12.2. The summed E-state index contributed by atoms with van der Waals surface area (Å²) in [6, 6.07) is 22.6. The van der Waals surface area contributed by atoms with Gasteiger partial charge in [-0.1, -0.05) is 36.4 Å². The number of pyridine rings is 1. The minimum absolute atomic E-state index is 0.134. The molecule has 2 aromatic heterocycles. The lowest BCUT2D eigenvalue weighted by Gasteiger charge is -2.26. The van der Waals surface area contributed by atoms with Gasteiger partial charge >= 0.3 is 0 Å². The summed E-state index contributed by atoms with van der Waals surface area (Å²) < 4.78 is 7.06. The van der Waals surface area contributed by atoms with Crippen LogP contribution in [0.4, 0.5) is 11.4 Å². The molecular formula is C26H26N4O3S. The van der Waals surface area contributed by atoms with Crippen LogP contribution >= 0.6 is 11.3 Å². The van der Waals surface area contributed by atoms with E-state index in [1.165, 1.54) is 11.3 Å². The van der Waals surface area contributed by atoms with Crippen LogP contribution in [0, 0.1) is 0 Å². The highest BCUT2D eigenvalue weighted by molar-refractivity contribution is 7.21. The molecule has 1 aliphatic heterocycles. The predicted molar refractivity (Wildman–Crippen MR) is 137 cm³/mol. The summed E-state index contributed by atoms with van der Waals surface area (Å²) in [5, 5.41) is 7.32. The lowest BCUT2D eigenvalue weighted by molar-refractivity contribution is 0.0383. The van der Waals surface area contributed by atoms with Crippen LogP contribution in [0.3, 0.4) is 0 Å². The molecule has 8 heteroatoms. The molecule has 0 atom stereocenters. The fourth-order valence-electron chi connectivity index (χ4n) is 4.09. The highest BCUT2D eigenvalue weighted by Crippen LogP contribution is 2.37. The second kappa shape index (κ2) is 10.2. The Morgan fingerprint density at radius 1 is 0.941 bits per heavy atom. The zero-order chi connectivity index (χ0) is 23.3. The topological polar surface area (TPSA) is 75.6 Å². The summed E-state index contributed by atoms with van der Waals surface area (Å²) in [7, 11) is 0. The highest BCUT2D eigenvalue weighted by atomic mass is 32.1. The van der Waals surface area contributed by atoms with Crippen LogP contribution in [-0.4, -0.2) is 54.8 Å². The van der Waals surface area contributed by atoms with E-state index in [4.69, 9.17) is 4.74 Å². The van der Waals surface area contributed by atoms with Gasteiger partial charge in [-0.3, -0.25) is 19.1 Å². The fraction of sp³-hybridized carbons (Fsp3) is 0.231. The van der Waals surface area contributed by atoms with Crippen molar-refractivity contribution < 1.29 is 9.53 Å². The molecule has 7 nitrogen and oxygen atoms in total. The quantitative estimate of drug-likeness (QED) is 0.426. The SMILES string of the molecule is O=C(NCCN1CCOCC1)c1sc2c(ccc(=O)n2-c2ccccc2)c1Nc1ccccc1. The minimum Gasteiger partial charge on any atom is -0.379 e. The number of anilines is 2. The Morgan fingerprint density at radius 3 is 2.38 bits per heavy atom. The van der Waals surface area contributed by atoms with Crippen molar-refractivity contribution in [3.8, 4) is 5.69 Å².